The van der Waals surface area contributed by atoms with Crippen LogP contribution in [0.1, 0.15) is 27.9 Å². The van der Waals surface area contributed by atoms with E-state index in [2.05, 4.69) is 16.0 Å². The number of hydrogen-bond donors (Lipinski definition) is 0. The van der Waals surface area contributed by atoms with Crippen molar-refractivity contribution in [3.63, 3.8) is 0 Å². The zero-order valence-corrected chi connectivity index (χ0v) is 14.5. The highest BCUT2D eigenvalue weighted by Gasteiger charge is 2.23. The van der Waals surface area contributed by atoms with Crippen molar-refractivity contribution in [2.24, 2.45) is 0 Å². The maximum absolute atomic E-state index is 12.9. The SMILES string of the molecule is N#Cc1cccnc1N1CCCN(C(=O)c2ccc3c(c2)CCO3)CC1. The summed E-state index contributed by atoms with van der Waals surface area (Å²) >= 11 is 0. The minimum atomic E-state index is 0.0584. The molecule has 3 heterocycles. The lowest BCUT2D eigenvalue weighted by atomic mass is 10.1. The first-order valence-electron chi connectivity index (χ1n) is 8.91. The van der Waals surface area contributed by atoms with Gasteiger partial charge in [0, 0.05) is 44.4 Å². The number of carbonyl (C=O) groups is 1. The molecule has 1 aromatic carbocycles. The predicted octanol–water partition coefficient (Wildman–Crippen LogP) is 2.24. The number of pyridine rings is 1. The first kappa shape index (κ1) is 16.4. The van der Waals surface area contributed by atoms with E-state index in [0.29, 0.717) is 37.6 Å². The monoisotopic (exact) mass is 348 g/mol. The van der Waals surface area contributed by atoms with Crippen LogP contribution in [0.25, 0.3) is 0 Å². The number of aromatic nitrogens is 1. The molecule has 6 heteroatoms. The van der Waals surface area contributed by atoms with Gasteiger partial charge in [-0.05, 0) is 42.3 Å². The van der Waals surface area contributed by atoms with Crippen LogP contribution in [-0.2, 0) is 6.42 Å². The molecule has 1 aromatic heterocycles. The Labute approximate surface area is 152 Å². The molecule has 0 spiro atoms. The lowest BCUT2D eigenvalue weighted by Crippen LogP contribution is -2.35. The predicted molar refractivity (Wildman–Crippen MR) is 97.3 cm³/mol. The number of benzene rings is 1. The zero-order chi connectivity index (χ0) is 17.9. The number of rotatable bonds is 2. The summed E-state index contributed by atoms with van der Waals surface area (Å²) < 4.78 is 5.52. The van der Waals surface area contributed by atoms with Crippen LogP contribution < -0.4 is 9.64 Å². The average Bonchev–Trinajstić information content (AvgIpc) is 3.02. The van der Waals surface area contributed by atoms with Crippen LogP contribution in [-0.4, -0.2) is 48.6 Å². The maximum atomic E-state index is 12.9. The summed E-state index contributed by atoms with van der Waals surface area (Å²) in [5.74, 6) is 1.66. The Morgan fingerprint density at radius 3 is 3.00 bits per heavy atom. The molecule has 2 aromatic rings. The molecule has 6 nitrogen and oxygen atoms in total. The molecule has 0 bridgehead atoms. The quantitative estimate of drug-likeness (QED) is 0.832. The van der Waals surface area contributed by atoms with Gasteiger partial charge in [-0.15, -0.1) is 0 Å². The average molecular weight is 348 g/mol. The van der Waals surface area contributed by atoms with Crippen LogP contribution in [0, 0.1) is 11.3 Å². The normalized spacial score (nSPS) is 16.4. The number of ether oxygens (including phenoxy) is 1. The lowest BCUT2D eigenvalue weighted by molar-refractivity contribution is 0.0767. The summed E-state index contributed by atoms with van der Waals surface area (Å²) in [5.41, 5.74) is 2.41. The fraction of sp³-hybridized carbons (Fsp3) is 0.350. The Bertz CT molecular complexity index is 874. The summed E-state index contributed by atoms with van der Waals surface area (Å²) in [6, 6.07) is 11.5. The first-order chi connectivity index (χ1) is 12.8. The van der Waals surface area contributed by atoms with Gasteiger partial charge >= 0.3 is 0 Å². The Hall–Kier alpha value is -3.07. The van der Waals surface area contributed by atoms with Gasteiger partial charge in [-0.1, -0.05) is 0 Å². The Kier molecular flexibility index (Phi) is 4.44. The van der Waals surface area contributed by atoms with Gasteiger partial charge in [0.2, 0.25) is 0 Å². The Morgan fingerprint density at radius 1 is 1.19 bits per heavy atom. The van der Waals surface area contributed by atoms with E-state index in [1.165, 1.54) is 0 Å². The molecule has 0 radical (unpaired) electrons. The van der Waals surface area contributed by atoms with Gasteiger partial charge in [-0.25, -0.2) is 4.98 Å². The molecular weight excluding hydrogens is 328 g/mol. The van der Waals surface area contributed by atoms with Crippen molar-refractivity contribution < 1.29 is 9.53 Å². The number of nitrogens with zero attached hydrogens (tertiary/aromatic N) is 4. The number of carbonyl (C=O) groups excluding carboxylic acids is 1. The van der Waals surface area contributed by atoms with Gasteiger partial charge in [0.15, 0.2) is 0 Å². The van der Waals surface area contributed by atoms with Crippen molar-refractivity contribution in [3.8, 4) is 11.8 Å². The largest absolute Gasteiger partial charge is 0.493 e. The summed E-state index contributed by atoms with van der Waals surface area (Å²) in [6.07, 6.45) is 3.42. The fourth-order valence-corrected chi connectivity index (χ4v) is 3.57. The molecule has 2 aliphatic rings. The number of amides is 1. The molecule has 2 aliphatic heterocycles. The number of fused-ring (bicyclic) bond motifs is 1. The van der Waals surface area contributed by atoms with Crippen molar-refractivity contribution in [3.05, 3.63) is 53.2 Å². The third kappa shape index (κ3) is 3.08. The minimum absolute atomic E-state index is 0.0584. The van der Waals surface area contributed by atoms with E-state index >= 15 is 0 Å². The molecule has 1 amide bonds. The van der Waals surface area contributed by atoms with E-state index in [1.807, 2.05) is 23.1 Å². The van der Waals surface area contributed by atoms with Gasteiger partial charge in [-0.2, -0.15) is 5.26 Å². The van der Waals surface area contributed by atoms with E-state index in [1.54, 1.807) is 18.3 Å². The molecule has 26 heavy (non-hydrogen) atoms. The first-order valence-corrected chi connectivity index (χ1v) is 8.91. The van der Waals surface area contributed by atoms with Crippen molar-refractivity contribution in [2.75, 3.05) is 37.7 Å². The highest BCUT2D eigenvalue weighted by atomic mass is 16.5. The van der Waals surface area contributed by atoms with Crippen LogP contribution in [0.5, 0.6) is 5.75 Å². The Balaban J connectivity index is 1.48. The van der Waals surface area contributed by atoms with E-state index in [9.17, 15) is 10.1 Å². The van der Waals surface area contributed by atoms with Crippen molar-refractivity contribution in [1.29, 1.82) is 5.26 Å². The van der Waals surface area contributed by atoms with E-state index in [4.69, 9.17) is 4.74 Å². The van der Waals surface area contributed by atoms with Crippen molar-refractivity contribution in [1.82, 2.24) is 9.88 Å². The second-order valence-corrected chi connectivity index (χ2v) is 6.54. The van der Waals surface area contributed by atoms with Gasteiger partial charge in [-0.3, -0.25) is 4.79 Å². The Morgan fingerprint density at radius 2 is 2.12 bits per heavy atom. The molecule has 4 rings (SSSR count). The van der Waals surface area contributed by atoms with Crippen LogP contribution in [0.2, 0.25) is 0 Å². The van der Waals surface area contributed by atoms with Crippen molar-refractivity contribution >= 4 is 11.7 Å². The summed E-state index contributed by atoms with van der Waals surface area (Å²) in [5, 5.41) is 9.29. The lowest BCUT2D eigenvalue weighted by Gasteiger charge is -2.23. The molecule has 0 aliphatic carbocycles. The standard InChI is InChI=1S/C20H20N4O2/c21-14-17-3-1-7-22-19(17)23-8-2-9-24(11-10-23)20(25)16-4-5-18-15(13-16)6-12-26-18/h1,3-5,7,13H,2,6,8-12H2. The summed E-state index contributed by atoms with van der Waals surface area (Å²) in [4.78, 5) is 21.3. The van der Waals surface area contributed by atoms with E-state index < -0.39 is 0 Å². The van der Waals surface area contributed by atoms with Crippen LogP contribution >= 0.6 is 0 Å². The molecule has 0 atom stereocenters. The number of nitriles is 1. The van der Waals surface area contributed by atoms with Crippen molar-refractivity contribution in [2.45, 2.75) is 12.8 Å². The highest BCUT2D eigenvalue weighted by Crippen LogP contribution is 2.26. The fourth-order valence-electron chi connectivity index (χ4n) is 3.57. The maximum Gasteiger partial charge on any atom is 0.253 e. The van der Waals surface area contributed by atoms with Gasteiger partial charge in [0.1, 0.15) is 17.6 Å². The molecule has 1 saturated heterocycles. The van der Waals surface area contributed by atoms with E-state index in [0.717, 1.165) is 36.3 Å². The van der Waals surface area contributed by atoms with Gasteiger partial charge < -0.3 is 14.5 Å². The molecule has 0 N–H and O–H groups in total. The molecule has 132 valence electrons. The van der Waals surface area contributed by atoms with Gasteiger partial charge in [0.25, 0.3) is 5.91 Å². The molecule has 0 saturated carbocycles. The summed E-state index contributed by atoms with van der Waals surface area (Å²) in [6.45, 7) is 3.47. The topological polar surface area (TPSA) is 69.5 Å². The highest BCUT2D eigenvalue weighted by molar-refractivity contribution is 5.94. The number of anilines is 1. The van der Waals surface area contributed by atoms with Crippen LogP contribution in [0.3, 0.4) is 0 Å². The zero-order valence-electron chi connectivity index (χ0n) is 14.5. The molecular formula is C20H20N4O2. The second kappa shape index (κ2) is 7.04. The molecule has 0 unspecified atom stereocenters. The molecule has 1 fully saturated rings. The van der Waals surface area contributed by atoms with Crippen LogP contribution in [0.15, 0.2) is 36.5 Å². The minimum Gasteiger partial charge on any atom is -0.493 e. The summed E-state index contributed by atoms with van der Waals surface area (Å²) in [7, 11) is 0. The third-order valence-corrected chi connectivity index (χ3v) is 4.93. The second-order valence-electron chi connectivity index (χ2n) is 6.54. The van der Waals surface area contributed by atoms with Gasteiger partial charge in [0.05, 0.1) is 12.2 Å². The third-order valence-electron chi connectivity index (χ3n) is 4.93. The smallest absolute Gasteiger partial charge is 0.253 e. The number of hydrogen-bond acceptors (Lipinski definition) is 5. The van der Waals surface area contributed by atoms with Crippen LogP contribution in [0.4, 0.5) is 5.82 Å². The van der Waals surface area contributed by atoms with E-state index in [-0.39, 0.29) is 5.91 Å².